The summed E-state index contributed by atoms with van der Waals surface area (Å²) < 4.78 is 44.8. The van der Waals surface area contributed by atoms with Crippen LogP contribution in [0.1, 0.15) is 11.3 Å². The van der Waals surface area contributed by atoms with Crippen molar-refractivity contribution < 1.29 is 27.3 Å². The number of amides is 1. The molecule has 2 aromatic carbocycles. The number of thioether (sulfide) groups is 1. The number of nitrogens with one attached hydrogen (secondary N) is 1. The largest absolute Gasteiger partial charge is 0.457 e. The standard InChI is InChI=1S/C21H11ClF3N3O4S/c22-16-6-4-12(9-15(16)21(23,24)25)26-20-27-19(29)18(33-20)10-14-5-7-17(32-14)11-2-1-3-13(8-11)28(30)31/h1-10H,(H,26,27,29)/b18-10+. The molecule has 33 heavy (non-hydrogen) atoms. The van der Waals surface area contributed by atoms with E-state index in [4.69, 9.17) is 16.0 Å². The summed E-state index contributed by atoms with van der Waals surface area (Å²) in [6, 6.07) is 12.2. The van der Waals surface area contributed by atoms with E-state index in [9.17, 15) is 28.1 Å². The van der Waals surface area contributed by atoms with Crippen LogP contribution < -0.4 is 5.32 Å². The molecule has 4 rings (SSSR count). The van der Waals surface area contributed by atoms with Crippen LogP contribution in [0.5, 0.6) is 0 Å². The number of halogens is 4. The maximum absolute atomic E-state index is 13.0. The summed E-state index contributed by atoms with van der Waals surface area (Å²) in [7, 11) is 0. The van der Waals surface area contributed by atoms with E-state index in [2.05, 4.69) is 10.3 Å². The predicted octanol–water partition coefficient (Wildman–Crippen LogP) is 6.42. The highest BCUT2D eigenvalue weighted by Gasteiger charge is 2.33. The Bertz CT molecular complexity index is 1330. The lowest BCUT2D eigenvalue weighted by Gasteiger charge is -2.09. The molecule has 1 fully saturated rings. The molecule has 0 radical (unpaired) electrons. The Morgan fingerprint density at radius 2 is 1.94 bits per heavy atom. The van der Waals surface area contributed by atoms with Crippen LogP contribution in [0.2, 0.25) is 5.02 Å². The predicted molar refractivity (Wildman–Crippen MR) is 118 cm³/mol. The SMILES string of the molecule is O=C1NC(=Nc2ccc(Cl)c(C(F)(F)F)c2)S/C1=C/c1ccc(-c2cccc([N+](=O)[O-])c2)o1. The number of benzene rings is 2. The van der Waals surface area contributed by atoms with Gasteiger partial charge in [0.2, 0.25) is 0 Å². The molecular weight excluding hydrogens is 483 g/mol. The third-order valence-corrected chi connectivity index (χ3v) is 5.62. The van der Waals surface area contributed by atoms with Crippen LogP contribution >= 0.6 is 23.4 Å². The quantitative estimate of drug-likeness (QED) is 0.257. The molecule has 3 aromatic rings. The molecule has 168 valence electrons. The van der Waals surface area contributed by atoms with E-state index in [1.54, 1.807) is 18.2 Å². The third-order valence-electron chi connectivity index (χ3n) is 4.38. The normalized spacial score (nSPS) is 16.4. The molecule has 0 bridgehead atoms. The van der Waals surface area contributed by atoms with Gasteiger partial charge >= 0.3 is 6.18 Å². The molecule has 1 saturated heterocycles. The van der Waals surface area contributed by atoms with E-state index in [1.807, 2.05) is 0 Å². The average molecular weight is 494 g/mol. The van der Waals surface area contributed by atoms with Crippen LogP contribution in [-0.4, -0.2) is 16.0 Å². The highest BCUT2D eigenvalue weighted by atomic mass is 35.5. The summed E-state index contributed by atoms with van der Waals surface area (Å²) in [6.07, 6.45) is -3.20. The molecule has 0 unspecified atom stereocenters. The van der Waals surface area contributed by atoms with Gasteiger partial charge in [0, 0.05) is 23.8 Å². The summed E-state index contributed by atoms with van der Waals surface area (Å²) in [5.41, 5.74) is -0.656. The highest BCUT2D eigenvalue weighted by molar-refractivity contribution is 8.18. The van der Waals surface area contributed by atoms with Crippen LogP contribution in [0.15, 0.2) is 68.9 Å². The van der Waals surface area contributed by atoms with Gasteiger partial charge in [-0.1, -0.05) is 23.7 Å². The summed E-state index contributed by atoms with van der Waals surface area (Å²) in [4.78, 5) is 26.9. The van der Waals surface area contributed by atoms with Gasteiger partial charge in [-0.3, -0.25) is 14.9 Å². The van der Waals surface area contributed by atoms with Crippen LogP contribution in [-0.2, 0) is 11.0 Å². The molecule has 1 amide bonds. The van der Waals surface area contributed by atoms with Crippen LogP contribution in [0.25, 0.3) is 17.4 Å². The molecule has 0 atom stereocenters. The monoisotopic (exact) mass is 493 g/mol. The zero-order valence-corrected chi connectivity index (χ0v) is 17.8. The van der Waals surface area contributed by atoms with Gasteiger partial charge in [0.05, 0.1) is 26.1 Å². The van der Waals surface area contributed by atoms with E-state index < -0.39 is 27.6 Å². The van der Waals surface area contributed by atoms with Crippen molar-refractivity contribution in [2.75, 3.05) is 0 Å². The fraction of sp³-hybridized carbons (Fsp3) is 0.0476. The van der Waals surface area contributed by atoms with Crippen molar-refractivity contribution in [3.8, 4) is 11.3 Å². The van der Waals surface area contributed by atoms with Crippen molar-refractivity contribution in [1.29, 1.82) is 0 Å². The maximum atomic E-state index is 13.0. The molecule has 0 aliphatic carbocycles. The van der Waals surface area contributed by atoms with Gasteiger partial charge in [0.15, 0.2) is 5.17 Å². The second kappa shape index (κ2) is 8.75. The van der Waals surface area contributed by atoms with Gasteiger partial charge in [-0.05, 0) is 42.1 Å². The number of amidine groups is 1. The molecule has 1 aromatic heterocycles. The zero-order chi connectivity index (χ0) is 23.8. The Balaban J connectivity index is 1.55. The fourth-order valence-corrected chi connectivity index (χ4v) is 3.93. The lowest BCUT2D eigenvalue weighted by atomic mass is 10.1. The molecule has 1 N–H and O–H groups in total. The van der Waals surface area contributed by atoms with E-state index in [0.717, 1.165) is 23.9 Å². The first-order valence-electron chi connectivity index (χ1n) is 9.11. The van der Waals surface area contributed by atoms with Crippen LogP contribution in [0.3, 0.4) is 0 Å². The second-order valence-electron chi connectivity index (χ2n) is 6.65. The summed E-state index contributed by atoms with van der Waals surface area (Å²) in [6.45, 7) is 0. The Morgan fingerprint density at radius 1 is 1.15 bits per heavy atom. The van der Waals surface area contributed by atoms with Crippen molar-refractivity contribution in [2.45, 2.75) is 6.18 Å². The number of furan rings is 1. The first kappa shape index (κ1) is 22.6. The van der Waals surface area contributed by atoms with Crippen molar-refractivity contribution in [1.82, 2.24) is 5.32 Å². The van der Waals surface area contributed by atoms with Gasteiger partial charge in [0.25, 0.3) is 11.6 Å². The van der Waals surface area contributed by atoms with E-state index >= 15 is 0 Å². The first-order valence-corrected chi connectivity index (χ1v) is 10.3. The number of alkyl halides is 3. The smallest absolute Gasteiger partial charge is 0.417 e. The lowest BCUT2D eigenvalue weighted by molar-refractivity contribution is -0.384. The number of hydrogen-bond donors (Lipinski definition) is 1. The minimum absolute atomic E-state index is 0.0262. The number of nitro groups is 1. The van der Waals surface area contributed by atoms with E-state index in [1.165, 1.54) is 30.3 Å². The van der Waals surface area contributed by atoms with Gasteiger partial charge in [-0.2, -0.15) is 13.2 Å². The van der Waals surface area contributed by atoms with Gasteiger partial charge < -0.3 is 9.73 Å². The third kappa shape index (κ3) is 5.10. The maximum Gasteiger partial charge on any atom is 0.417 e. The van der Waals surface area contributed by atoms with Crippen LogP contribution in [0, 0.1) is 10.1 Å². The number of carbonyl (C=O) groups is 1. The highest BCUT2D eigenvalue weighted by Crippen LogP contribution is 2.37. The topological polar surface area (TPSA) is 97.7 Å². The molecule has 1 aliphatic heterocycles. The molecule has 12 heteroatoms. The number of rotatable bonds is 4. The Kier molecular flexibility index (Phi) is 6.00. The minimum atomic E-state index is -4.64. The van der Waals surface area contributed by atoms with E-state index in [-0.39, 0.29) is 21.4 Å². The van der Waals surface area contributed by atoms with Gasteiger partial charge in [-0.25, -0.2) is 4.99 Å². The van der Waals surface area contributed by atoms with Gasteiger partial charge in [0.1, 0.15) is 11.5 Å². The summed E-state index contributed by atoms with van der Waals surface area (Å²) in [5, 5.41) is 13.1. The number of carbonyl (C=O) groups excluding carboxylic acids is 1. The van der Waals surface area contributed by atoms with Crippen molar-refractivity contribution in [2.24, 2.45) is 4.99 Å². The number of nitrogens with zero attached hydrogens (tertiary/aromatic N) is 2. The average Bonchev–Trinajstić information content (AvgIpc) is 3.35. The molecule has 2 heterocycles. The summed E-state index contributed by atoms with van der Waals surface area (Å²) in [5.74, 6) is 0.169. The Hall–Kier alpha value is -3.57. The number of nitro benzene ring substituents is 1. The number of aliphatic imine (C=N–C) groups is 1. The minimum Gasteiger partial charge on any atom is -0.457 e. The Labute approximate surface area is 193 Å². The fourth-order valence-electron chi connectivity index (χ4n) is 2.89. The molecule has 1 aliphatic rings. The molecule has 0 spiro atoms. The van der Waals surface area contributed by atoms with Crippen molar-refractivity contribution in [3.63, 3.8) is 0 Å². The lowest BCUT2D eigenvalue weighted by Crippen LogP contribution is -2.19. The Morgan fingerprint density at radius 3 is 2.67 bits per heavy atom. The zero-order valence-electron chi connectivity index (χ0n) is 16.2. The van der Waals surface area contributed by atoms with Crippen molar-refractivity contribution >= 4 is 51.9 Å². The second-order valence-corrected chi connectivity index (χ2v) is 8.09. The molecular formula is C21H11ClF3N3O4S. The van der Waals surface area contributed by atoms with Crippen LogP contribution in [0.4, 0.5) is 24.5 Å². The summed E-state index contributed by atoms with van der Waals surface area (Å²) >= 11 is 6.53. The van der Waals surface area contributed by atoms with Crippen molar-refractivity contribution in [3.05, 3.63) is 86.0 Å². The molecule has 7 nitrogen and oxygen atoms in total. The number of non-ortho nitro benzene ring substituents is 1. The van der Waals surface area contributed by atoms with Gasteiger partial charge in [-0.15, -0.1) is 0 Å². The van der Waals surface area contributed by atoms with E-state index in [0.29, 0.717) is 17.1 Å². The molecule has 0 saturated carbocycles. The first-order chi connectivity index (χ1) is 15.6. The number of hydrogen-bond acceptors (Lipinski definition) is 6.